The normalized spacial score (nSPS) is 12.3. The lowest BCUT2D eigenvalue weighted by molar-refractivity contribution is 0.224. The first-order valence-electron chi connectivity index (χ1n) is 6.79. The minimum Gasteiger partial charge on any atom is -0.485 e. The number of nitrogen functional groups attached to an aromatic ring is 2. The first-order valence-corrected chi connectivity index (χ1v) is 6.79. The van der Waals surface area contributed by atoms with Crippen LogP contribution in [-0.2, 0) is 0 Å². The highest BCUT2D eigenvalue weighted by Gasteiger charge is 2.15. The van der Waals surface area contributed by atoms with Gasteiger partial charge in [0.1, 0.15) is 23.5 Å². The minimum atomic E-state index is -0.483. The van der Waals surface area contributed by atoms with E-state index in [1.807, 2.05) is 0 Å². The van der Waals surface area contributed by atoms with Gasteiger partial charge in [-0.15, -0.1) is 0 Å². The fourth-order valence-corrected chi connectivity index (χ4v) is 2.35. The van der Waals surface area contributed by atoms with Gasteiger partial charge in [0.25, 0.3) is 0 Å². The number of halogens is 1. The smallest absolute Gasteiger partial charge is 0.222 e. The lowest BCUT2D eigenvalue weighted by Gasteiger charge is -2.17. The second-order valence-corrected chi connectivity index (χ2v) is 4.90. The Labute approximate surface area is 126 Å². The van der Waals surface area contributed by atoms with Crippen molar-refractivity contribution >= 4 is 22.7 Å². The van der Waals surface area contributed by atoms with Crippen molar-refractivity contribution in [1.29, 1.82) is 0 Å². The van der Waals surface area contributed by atoms with Crippen molar-refractivity contribution in [3.63, 3.8) is 0 Å². The number of nitrogens with two attached hydrogens (primary N) is 2. The Kier molecular flexibility index (Phi) is 3.50. The van der Waals surface area contributed by atoms with Crippen molar-refractivity contribution in [1.82, 2.24) is 9.97 Å². The van der Waals surface area contributed by atoms with Gasteiger partial charge >= 0.3 is 0 Å². The van der Waals surface area contributed by atoms with Crippen LogP contribution in [0.15, 0.2) is 42.5 Å². The molecule has 5 nitrogen and oxygen atoms in total. The fraction of sp³-hybridized carbons (Fsp3) is 0.125. The summed E-state index contributed by atoms with van der Waals surface area (Å²) in [7, 11) is 0. The number of aromatic nitrogens is 2. The first kappa shape index (κ1) is 14.1. The largest absolute Gasteiger partial charge is 0.485 e. The molecule has 0 aliphatic carbocycles. The molecule has 22 heavy (non-hydrogen) atoms. The molecular weight excluding hydrogens is 283 g/mol. The molecule has 0 saturated heterocycles. The molecule has 0 amide bonds. The summed E-state index contributed by atoms with van der Waals surface area (Å²) in [5.74, 6) is 0.512. The van der Waals surface area contributed by atoms with Gasteiger partial charge in [0.2, 0.25) is 5.95 Å². The maximum absolute atomic E-state index is 13.8. The third-order valence-corrected chi connectivity index (χ3v) is 3.38. The summed E-state index contributed by atoms with van der Waals surface area (Å²) >= 11 is 0. The zero-order chi connectivity index (χ0) is 15.7. The van der Waals surface area contributed by atoms with Crippen LogP contribution in [0.2, 0.25) is 0 Å². The van der Waals surface area contributed by atoms with Gasteiger partial charge in [-0.25, -0.2) is 9.37 Å². The van der Waals surface area contributed by atoms with E-state index in [0.717, 1.165) is 0 Å². The maximum atomic E-state index is 13.8. The number of benzene rings is 2. The topological polar surface area (TPSA) is 87.0 Å². The Bertz CT molecular complexity index is 837. The minimum absolute atomic E-state index is 0.101. The highest BCUT2D eigenvalue weighted by molar-refractivity contribution is 5.94. The molecule has 112 valence electrons. The molecule has 0 aliphatic rings. The first-order chi connectivity index (χ1) is 10.6. The number of nitrogens with zero attached hydrogens (tertiary/aromatic N) is 2. The van der Waals surface area contributed by atoms with Crippen LogP contribution in [-0.4, -0.2) is 9.97 Å². The Hall–Kier alpha value is -2.89. The molecule has 1 heterocycles. The van der Waals surface area contributed by atoms with Crippen LogP contribution < -0.4 is 16.2 Å². The summed E-state index contributed by atoms with van der Waals surface area (Å²) in [5.41, 5.74) is 12.6. The van der Waals surface area contributed by atoms with E-state index >= 15 is 0 Å². The number of anilines is 2. The molecule has 0 bridgehead atoms. The summed E-state index contributed by atoms with van der Waals surface area (Å²) < 4.78 is 19.7. The molecule has 1 unspecified atom stereocenters. The second-order valence-electron chi connectivity index (χ2n) is 4.90. The molecule has 3 aromatic rings. The summed E-state index contributed by atoms with van der Waals surface area (Å²) in [6.45, 7) is 1.77. The molecule has 2 aromatic carbocycles. The summed E-state index contributed by atoms with van der Waals surface area (Å²) in [4.78, 5) is 8.08. The Balaban J connectivity index is 2.03. The quantitative estimate of drug-likeness (QED) is 0.776. The molecule has 0 spiro atoms. The van der Waals surface area contributed by atoms with Crippen LogP contribution in [0.3, 0.4) is 0 Å². The van der Waals surface area contributed by atoms with Crippen LogP contribution >= 0.6 is 0 Å². The lowest BCUT2D eigenvalue weighted by atomic mass is 10.1. The average molecular weight is 298 g/mol. The van der Waals surface area contributed by atoms with Crippen LogP contribution in [0.25, 0.3) is 10.9 Å². The van der Waals surface area contributed by atoms with E-state index in [1.54, 1.807) is 43.3 Å². The van der Waals surface area contributed by atoms with Gasteiger partial charge in [-0.3, -0.25) is 0 Å². The highest BCUT2D eigenvalue weighted by Crippen LogP contribution is 2.32. The van der Waals surface area contributed by atoms with Crippen molar-refractivity contribution in [2.45, 2.75) is 13.0 Å². The molecule has 1 atom stereocenters. The van der Waals surface area contributed by atoms with Crippen molar-refractivity contribution in [2.24, 2.45) is 0 Å². The number of hydrogen-bond acceptors (Lipinski definition) is 5. The zero-order valence-electron chi connectivity index (χ0n) is 12.0. The third-order valence-electron chi connectivity index (χ3n) is 3.38. The summed E-state index contributed by atoms with van der Waals surface area (Å²) in [5, 5.41) is 0.569. The van der Waals surface area contributed by atoms with E-state index in [-0.39, 0.29) is 17.6 Å². The van der Waals surface area contributed by atoms with E-state index in [2.05, 4.69) is 9.97 Å². The van der Waals surface area contributed by atoms with Crippen LogP contribution in [0.4, 0.5) is 16.2 Å². The Morgan fingerprint density at radius 1 is 1.05 bits per heavy atom. The zero-order valence-corrected chi connectivity index (χ0v) is 12.0. The van der Waals surface area contributed by atoms with E-state index in [9.17, 15) is 4.39 Å². The molecule has 0 aliphatic heterocycles. The second kappa shape index (κ2) is 5.48. The van der Waals surface area contributed by atoms with Gasteiger partial charge in [-0.2, -0.15) is 4.98 Å². The van der Waals surface area contributed by atoms with Crippen LogP contribution in [0.1, 0.15) is 18.6 Å². The van der Waals surface area contributed by atoms with Gasteiger partial charge in [-0.1, -0.05) is 24.3 Å². The summed E-state index contributed by atoms with van der Waals surface area (Å²) in [6, 6.07) is 11.8. The molecule has 0 radical (unpaired) electrons. The van der Waals surface area contributed by atoms with Crippen molar-refractivity contribution in [3.05, 3.63) is 53.8 Å². The monoisotopic (exact) mass is 298 g/mol. The molecule has 1 aromatic heterocycles. The average Bonchev–Trinajstić information content (AvgIpc) is 2.47. The van der Waals surface area contributed by atoms with Crippen molar-refractivity contribution in [3.8, 4) is 5.75 Å². The van der Waals surface area contributed by atoms with Crippen LogP contribution in [0, 0.1) is 5.82 Å². The fourth-order valence-electron chi connectivity index (χ4n) is 2.35. The molecule has 0 saturated carbocycles. The number of ether oxygens (including phenoxy) is 1. The predicted molar refractivity (Wildman–Crippen MR) is 83.8 cm³/mol. The highest BCUT2D eigenvalue weighted by atomic mass is 19.1. The molecule has 0 fully saturated rings. The predicted octanol–water partition coefficient (Wildman–Crippen LogP) is 3.07. The number of fused-ring (bicyclic) bond motifs is 1. The standard InChI is InChI=1S/C16H15FN4O/c1-9(10-5-2-3-6-11(10)17)22-13-8-4-7-12-14(13)15(18)21-16(19)20-12/h2-9H,1H3,(H4,18,19,20,21). The molecule has 6 heteroatoms. The molecule has 4 N–H and O–H groups in total. The van der Waals surface area contributed by atoms with Crippen molar-refractivity contribution < 1.29 is 9.13 Å². The third kappa shape index (κ3) is 2.50. The van der Waals surface area contributed by atoms with Gasteiger partial charge in [0, 0.05) is 5.56 Å². The Morgan fingerprint density at radius 3 is 2.59 bits per heavy atom. The van der Waals surface area contributed by atoms with E-state index in [1.165, 1.54) is 6.07 Å². The number of rotatable bonds is 3. The maximum Gasteiger partial charge on any atom is 0.222 e. The van der Waals surface area contributed by atoms with Crippen LogP contribution in [0.5, 0.6) is 5.75 Å². The van der Waals surface area contributed by atoms with E-state index < -0.39 is 6.10 Å². The van der Waals surface area contributed by atoms with Gasteiger partial charge in [0.15, 0.2) is 0 Å². The summed E-state index contributed by atoms with van der Waals surface area (Å²) in [6.07, 6.45) is -0.483. The van der Waals surface area contributed by atoms with Gasteiger partial charge < -0.3 is 16.2 Å². The molecule has 3 rings (SSSR count). The SMILES string of the molecule is CC(Oc1cccc2nc(N)nc(N)c12)c1ccccc1F. The lowest BCUT2D eigenvalue weighted by Crippen LogP contribution is -2.07. The van der Waals surface area contributed by atoms with Crippen molar-refractivity contribution in [2.75, 3.05) is 11.5 Å². The van der Waals surface area contributed by atoms with Gasteiger partial charge in [0.05, 0.1) is 10.9 Å². The Morgan fingerprint density at radius 2 is 1.82 bits per heavy atom. The molecular formula is C16H15FN4O. The van der Waals surface area contributed by atoms with E-state index in [0.29, 0.717) is 22.2 Å². The number of hydrogen-bond donors (Lipinski definition) is 2. The van der Waals surface area contributed by atoms with Gasteiger partial charge in [-0.05, 0) is 25.1 Å². The van der Waals surface area contributed by atoms with E-state index in [4.69, 9.17) is 16.2 Å².